The standard InChI is InChI=1S/C16H23NO6/c17-9-5-6-12(15(18)22-13-7-1-3-10-20-13)16(19)23-14-8-2-4-11-21-14/h12-14H,1-8,10-11H2. The van der Waals surface area contributed by atoms with Crippen LogP contribution in [0.25, 0.3) is 0 Å². The molecule has 2 aliphatic heterocycles. The summed E-state index contributed by atoms with van der Waals surface area (Å²) in [5.41, 5.74) is 0. The first kappa shape index (κ1) is 17.7. The second-order valence-electron chi connectivity index (χ2n) is 5.72. The summed E-state index contributed by atoms with van der Waals surface area (Å²) in [6, 6.07) is 1.94. The van der Waals surface area contributed by atoms with E-state index >= 15 is 0 Å². The van der Waals surface area contributed by atoms with Crippen molar-refractivity contribution in [2.75, 3.05) is 13.2 Å². The molecule has 0 amide bonds. The summed E-state index contributed by atoms with van der Waals surface area (Å²) < 4.78 is 21.2. The van der Waals surface area contributed by atoms with Crippen LogP contribution in [-0.4, -0.2) is 37.7 Å². The van der Waals surface area contributed by atoms with Crippen LogP contribution < -0.4 is 0 Å². The number of rotatable bonds is 6. The van der Waals surface area contributed by atoms with Crippen molar-refractivity contribution in [1.29, 1.82) is 5.26 Å². The maximum atomic E-state index is 12.2. The monoisotopic (exact) mass is 325 g/mol. The quantitative estimate of drug-likeness (QED) is 0.545. The van der Waals surface area contributed by atoms with Crippen molar-refractivity contribution in [1.82, 2.24) is 0 Å². The van der Waals surface area contributed by atoms with E-state index < -0.39 is 30.4 Å². The van der Waals surface area contributed by atoms with Crippen molar-refractivity contribution in [3.63, 3.8) is 0 Å². The molecule has 0 aromatic rings. The topological polar surface area (TPSA) is 94.9 Å². The highest BCUT2D eigenvalue weighted by atomic mass is 16.7. The fraction of sp³-hybridized carbons (Fsp3) is 0.812. The van der Waals surface area contributed by atoms with E-state index in [1.165, 1.54) is 0 Å². The summed E-state index contributed by atoms with van der Waals surface area (Å²) in [6.45, 7) is 1.09. The molecule has 0 aliphatic carbocycles. The van der Waals surface area contributed by atoms with Crippen LogP contribution in [0.2, 0.25) is 0 Å². The molecule has 0 bridgehead atoms. The third kappa shape index (κ3) is 5.81. The molecular formula is C16H23NO6. The fourth-order valence-electron chi connectivity index (χ4n) is 2.57. The summed E-state index contributed by atoms with van der Waals surface area (Å²) in [5, 5.41) is 8.72. The highest BCUT2D eigenvalue weighted by Crippen LogP contribution is 2.21. The first-order valence-corrected chi connectivity index (χ1v) is 8.22. The molecular weight excluding hydrogens is 302 g/mol. The van der Waals surface area contributed by atoms with Gasteiger partial charge in [0.25, 0.3) is 0 Å². The van der Waals surface area contributed by atoms with E-state index in [0.717, 1.165) is 25.7 Å². The second-order valence-corrected chi connectivity index (χ2v) is 5.72. The van der Waals surface area contributed by atoms with E-state index in [9.17, 15) is 9.59 Å². The van der Waals surface area contributed by atoms with Gasteiger partial charge in [-0.2, -0.15) is 5.26 Å². The molecule has 2 fully saturated rings. The van der Waals surface area contributed by atoms with Gasteiger partial charge in [0.05, 0.1) is 19.3 Å². The molecule has 2 atom stereocenters. The molecule has 0 aromatic carbocycles. The molecule has 2 heterocycles. The molecule has 2 aliphatic rings. The van der Waals surface area contributed by atoms with E-state index in [0.29, 0.717) is 26.1 Å². The van der Waals surface area contributed by atoms with Crippen molar-refractivity contribution in [2.45, 2.75) is 63.9 Å². The molecule has 7 nitrogen and oxygen atoms in total. The Kier molecular flexibility index (Phi) is 7.30. The zero-order valence-corrected chi connectivity index (χ0v) is 13.2. The third-order valence-electron chi connectivity index (χ3n) is 3.88. The minimum Gasteiger partial charge on any atom is -0.435 e. The number of nitrogens with zero attached hydrogens (tertiary/aromatic N) is 1. The molecule has 2 saturated heterocycles. The molecule has 0 N–H and O–H groups in total. The van der Waals surface area contributed by atoms with Gasteiger partial charge in [-0.05, 0) is 32.1 Å². The lowest BCUT2D eigenvalue weighted by atomic mass is 10.0. The molecule has 0 saturated carbocycles. The zero-order valence-electron chi connectivity index (χ0n) is 13.2. The van der Waals surface area contributed by atoms with Gasteiger partial charge in [0, 0.05) is 19.3 Å². The van der Waals surface area contributed by atoms with Crippen molar-refractivity contribution in [3.8, 4) is 6.07 Å². The number of esters is 2. The van der Waals surface area contributed by atoms with Crippen LogP contribution >= 0.6 is 0 Å². The molecule has 0 radical (unpaired) electrons. The first-order valence-electron chi connectivity index (χ1n) is 8.22. The van der Waals surface area contributed by atoms with Gasteiger partial charge in [0.2, 0.25) is 12.6 Å². The Balaban J connectivity index is 1.89. The van der Waals surface area contributed by atoms with Gasteiger partial charge in [-0.15, -0.1) is 0 Å². The smallest absolute Gasteiger partial charge is 0.322 e. The van der Waals surface area contributed by atoms with Gasteiger partial charge in [-0.3, -0.25) is 9.59 Å². The highest BCUT2D eigenvalue weighted by Gasteiger charge is 2.34. The Morgan fingerprint density at radius 3 is 1.91 bits per heavy atom. The van der Waals surface area contributed by atoms with Crippen LogP contribution in [0.4, 0.5) is 0 Å². The summed E-state index contributed by atoms with van der Waals surface area (Å²) in [7, 11) is 0. The zero-order chi connectivity index (χ0) is 16.5. The van der Waals surface area contributed by atoms with Gasteiger partial charge < -0.3 is 18.9 Å². The van der Waals surface area contributed by atoms with Crippen molar-refractivity contribution in [3.05, 3.63) is 0 Å². The van der Waals surface area contributed by atoms with E-state index in [4.69, 9.17) is 24.2 Å². The van der Waals surface area contributed by atoms with Crippen LogP contribution in [-0.2, 0) is 28.5 Å². The Hall–Kier alpha value is -1.65. The lowest BCUT2D eigenvalue weighted by molar-refractivity contribution is -0.204. The van der Waals surface area contributed by atoms with Gasteiger partial charge >= 0.3 is 11.9 Å². The number of hydrogen-bond acceptors (Lipinski definition) is 7. The number of nitriles is 1. The Morgan fingerprint density at radius 2 is 1.52 bits per heavy atom. The van der Waals surface area contributed by atoms with Crippen molar-refractivity contribution in [2.24, 2.45) is 5.92 Å². The van der Waals surface area contributed by atoms with Crippen molar-refractivity contribution < 1.29 is 28.5 Å². The Morgan fingerprint density at radius 1 is 1.00 bits per heavy atom. The SMILES string of the molecule is N#CCCC(C(=O)OC1CCCCO1)C(=O)OC1CCCCO1. The van der Waals surface area contributed by atoms with Crippen LogP contribution in [0, 0.1) is 17.2 Å². The maximum Gasteiger partial charge on any atom is 0.322 e. The minimum absolute atomic E-state index is 0.0753. The summed E-state index contributed by atoms with van der Waals surface area (Å²) in [5.74, 6) is -2.48. The van der Waals surface area contributed by atoms with Gasteiger partial charge in [0.1, 0.15) is 0 Å². The predicted molar refractivity (Wildman–Crippen MR) is 77.7 cm³/mol. The Bertz CT molecular complexity index is 402. The van der Waals surface area contributed by atoms with E-state index in [-0.39, 0.29) is 12.8 Å². The van der Waals surface area contributed by atoms with E-state index in [1.807, 2.05) is 6.07 Å². The van der Waals surface area contributed by atoms with E-state index in [2.05, 4.69) is 0 Å². The third-order valence-corrected chi connectivity index (χ3v) is 3.88. The first-order chi connectivity index (χ1) is 11.2. The van der Waals surface area contributed by atoms with Gasteiger partial charge in [-0.25, -0.2) is 0 Å². The second kappa shape index (κ2) is 9.48. The van der Waals surface area contributed by atoms with Gasteiger partial charge in [0.15, 0.2) is 5.92 Å². The average molecular weight is 325 g/mol. The molecule has 128 valence electrons. The number of ether oxygens (including phenoxy) is 4. The summed E-state index contributed by atoms with van der Waals surface area (Å²) in [4.78, 5) is 24.5. The number of carbonyl (C=O) groups is 2. The normalized spacial score (nSPS) is 25.9. The molecule has 2 rings (SSSR count). The van der Waals surface area contributed by atoms with E-state index in [1.54, 1.807) is 0 Å². The Labute approximate surface area is 135 Å². The molecule has 0 spiro atoms. The average Bonchev–Trinajstić information content (AvgIpc) is 2.57. The van der Waals surface area contributed by atoms with Crippen LogP contribution in [0.5, 0.6) is 0 Å². The highest BCUT2D eigenvalue weighted by molar-refractivity contribution is 5.95. The van der Waals surface area contributed by atoms with Crippen molar-refractivity contribution >= 4 is 11.9 Å². The predicted octanol–water partition coefficient (Wildman–Crippen LogP) is 2.05. The fourth-order valence-corrected chi connectivity index (χ4v) is 2.57. The summed E-state index contributed by atoms with van der Waals surface area (Å²) >= 11 is 0. The molecule has 7 heteroatoms. The molecule has 23 heavy (non-hydrogen) atoms. The lowest BCUT2D eigenvalue weighted by Gasteiger charge is -2.26. The summed E-state index contributed by atoms with van der Waals surface area (Å²) in [6.07, 6.45) is 3.88. The minimum atomic E-state index is -1.11. The maximum absolute atomic E-state index is 12.2. The number of hydrogen-bond donors (Lipinski definition) is 0. The molecule has 0 aromatic heterocycles. The molecule has 2 unspecified atom stereocenters. The largest absolute Gasteiger partial charge is 0.435 e. The van der Waals surface area contributed by atoms with Crippen LogP contribution in [0.15, 0.2) is 0 Å². The van der Waals surface area contributed by atoms with Crippen LogP contribution in [0.1, 0.15) is 51.4 Å². The lowest BCUT2D eigenvalue weighted by Crippen LogP contribution is -2.36. The number of carbonyl (C=O) groups excluding carboxylic acids is 2. The van der Waals surface area contributed by atoms with Gasteiger partial charge in [-0.1, -0.05) is 0 Å². The van der Waals surface area contributed by atoms with Crippen LogP contribution in [0.3, 0.4) is 0 Å².